The zero-order valence-corrected chi connectivity index (χ0v) is 26.0. The van der Waals surface area contributed by atoms with E-state index in [-0.39, 0.29) is 23.8 Å². The van der Waals surface area contributed by atoms with E-state index < -0.39 is 6.04 Å². The van der Waals surface area contributed by atoms with E-state index in [0.717, 1.165) is 67.0 Å². The smallest absolute Gasteiger partial charge is 0.243 e. The Morgan fingerprint density at radius 3 is 2.61 bits per heavy atom. The lowest BCUT2D eigenvalue weighted by Gasteiger charge is -2.32. The molecular weight excluding hydrogens is 582 g/mol. The van der Waals surface area contributed by atoms with Gasteiger partial charge in [0.1, 0.15) is 6.29 Å². The Morgan fingerprint density at radius 1 is 1.04 bits per heavy atom. The molecule has 0 spiro atoms. The first-order valence-electron chi connectivity index (χ1n) is 16.0. The molecule has 2 saturated heterocycles. The number of hydrogen-bond donors (Lipinski definition) is 4. The van der Waals surface area contributed by atoms with E-state index >= 15 is 0 Å². The summed E-state index contributed by atoms with van der Waals surface area (Å²) in [5.74, 6) is -0.385. The molecule has 1 unspecified atom stereocenters. The summed E-state index contributed by atoms with van der Waals surface area (Å²) in [6, 6.07) is 13.3. The van der Waals surface area contributed by atoms with Crippen molar-refractivity contribution in [2.45, 2.75) is 76.4 Å². The molecule has 3 heterocycles. The summed E-state index contributed by atoms with van der Waals surface area (Å²) in [6.07, 6.45) is 12.1. The number of allylic oxidation sites excluding steroid dienone is 1. The fraction of sp³-hybridized carbons (Fsp3) is 0.400. The number of carbonyl (C=O) groups excluding carboxylic acids is 4. The summed E-state index contributed by atoms with van der Waals surface area (Å²) in [4.78, 5) is 58.9. The maximum absolute atomic E-state index is 12.8. The van der Waals surface area contributed by atoms with E-state index in [2.05, 4.69) is 25.9 Å². The van der Waals surface area contributed by atoms with Crippen molar-refractivity contribution in [3.63, 3.8) is 0 Å². The van der Waals surface area contributed by atoms with E-state index in [1.165, 1.54) is 6.21 Å². The minimum absolute atomic E-state index is 0.191. The standard InChI is InChI=1S/C35H41N7O4/c36-19-27(32-22-39-29-7-4-5-8-30(29)40-32)21-37-28-14-16-42(17-15-28)34(45)9-3-1-2-6-24-10-11-25(26(18-24)23-43)20-38-31-12-13-33(44)41-35(31)46/h4-5,7-8,10-11,18-19,21-23,28,31,36-38H,1-3,6,9,12-17,20H2,(H,41,44,46)/b27-21+,36-19?. The van der Waals surface area contributed by atoms with Crippen LogP contribution in [0.1, 0.15) is 78.5 Å². The summed E-state index contributed by atoms with van der Waals surface area (Å²) >= 11 is 0. The van der Waals surface area contributed by atoms with E-state index in [4.69, 9.17) is 5.41 Å². The molecule has 240 valence electrons. The van der Waals surface area contributed by atoms with Crippen LogP contribution < -0.4 is 16.0 Å². The second kappa shape index (κ2) is 16.0. The molecule has 2 aliphatic rings. The molecule has 46 heavy (non-hydrogen) atoms. The highest BCUT2D eigenvalue weighted by Crippen LogP contribution is 2.18. The number of likely N-dealkylation sites (tertiary alicyclic amines) is 1. The molecule has 1 aromatic heterocycles. The Bertz CT molecular complexity index is 1610. The number of para-hydroxylation sites is 2. The molecule has 1 atom stereocenters. The number of aldehydes is 1. The van der Waals surface area contributed by atoms with Gasteiger partial charge in [-0.05, 0) is 67.9 Å². The van der Waals surface area contributed by atoms with Crippen molar-refractivity contribution in [1.82, 2.24) is 30.8 Å². The van der Waals surface area contributed by atoms with E-state index in [1.54, 1.807) is 6.20 Å². The Kier molecular flexibility index (Phi) is 11.3. The van der Waals surface area contributed by atoms with Crippen molar-refractivity contribution < 1.29 is 19.2 Å². The number of carbonyl (C=O) groups is 4. The van der Waals surface area contributed by atoms with Gasteiger partial charge >= 0.3 is 0 Å². The number of aryl methyl sites for hydroxylation is 1. The van der Waals surface area contributed by atoms with Gasteiger partial charge in [0.2, 0.25) is 17.7 Å². The van der Waals surface area contributed by atoms with Crippen LogP contribution in [0.3, 0.4) is 0 Å². The number of rotatable bonds is 14. The first-order chi connectivity index (χ1) is 22.4. The van der Waals surface area contributed by atoms with Crippen molar-refractivity contribution in [3.05, 3.63) is 77.2 Å². The minimum atomic E-state index is -0.441. The Morgan fingerprint density at radius 2 is 1.85 bits per heavy atom. The fourth-order valence-corrected chi connectivity index (χ4v) is 5.92. The fourth-order valence-electron chi connectivity index (χ4n) is 5.92. The third-order valence-corrected chi connectivity index (χ3v) is 8.69. The Hall–Kier alpha value is -4.77. The van der Waals surface area contributed by atoms with Gasteiger partial charge in [-0.2, -0.15) is 0 Å². The second-order valence-corrected chi connectivity index (χ2v) is 11.9. The zero-order chi connectivity index (χ0) is 32.3. The number of imide groups is 1. The number of unbranched alkanes of at least 4 members (excludes halogenated alkanes) is 2. The predicted octanol–water partition coefficient (Wildman–Crippen LogP) is 3.71. The van der Waals surface area contributed by atoms with Crippen molar-refractivity contribution in [1.29, 1.82) is 5.41 Å². The molecule has 2 fully saturated rings. The molecule has 3 aromatic rings. The number of amides is 3. The molecule has 2 aliphatic heterocycles. The first kappa shape index (κ1) is 32.6. The van der Waals surface area contributed by atoms with Gasteiger partial charge in [0.15, 0.2) is 0 Å². The zero-order valence-electron chi connectivity index (χ0n) is 26.0. The molecule has 4 N–H and O–H groups in total. The van der Waals surface area contributed by atoms with Gasteiger partial charge in [0, 0.05) is 62.1 Å². The first-order valence-corrected chi connectivity index (χ1v) is 16.0. The number of hydrogen-bond acceptors (Lipinski definition) is 9. The van der Waals surface area contributed by atoms with Crippen LogP contribution in [0.4, 0.5) is 0 Å². The van der Waals surface area contributed by atoms with Crippen LogP contribution in [0.2, 0.25) is 0 Å². The third-order valence-electron chi connectivity index (χ3n) is 8.69. The van der Waals surface area contributed by atoms with Crippen LogP contribution >= 0.6 is 0 Å². The lowest BCUT2D eigenvalue weighted by atomic mass is 9.99. The summed E-state index contributed by atoms with van der Waals surface area (Å²) in [7, 11) is 0. The van der Waals surface area contributed by atoms with E-state index in [9.17, 15) is 19.2 Å². The lowest BCUT2D eigenvalue weighted by molar-refractivity contribution is -0.135. The predicted molar refractivity (Wildman–Crippen MR) is 176 cm³/mol. The molecule has 3 amide bonds. The Labute approximate surface area is 268 Å². The number of benzene rings is 2. The van der Waals surface area contributed by atoms with Crippen LogP contribution in [0.5, 0.6) is 0 Å². The van der Waals surface area contributed by atoms with Crippen molar-refractivity contribution >= 4 is 46.8 Å². The summed E-state index contributed by atoms with van der Waals surface area (Å²) in [6.45, 7) is 1.79. The highest BCUT2D eigenvalue weighted by Gasteiger charge is 2.26. The molecular formula is C35H41N7O4. The summed E-state index contributed by atoms with van der Waals surface area (Å²) in [5, 5.41) is 16.8. The van der Waals surface area contributed by atoms with Crippen molar-refractivity contribution in [2.24, 2.45) is 0 Å². The molecule has 2 aromatic carbocycles. The maximum Gasteiger partial charge on any atom is 0.243 e. The Balaban J connectivity index is 0.990. The van der Waals surface area contributed by atoms with Gasteiger partial charge in [-0.1, -0.05) is 30.7 Å². The van der Waals surface area contributed by atoms with Crippen LogP contribution in [0.25, 0.3) is 16.6 Å². The van der Waals surface area contributed by atoms with Gasteiger partial charge in [0.05, 0.1) is 29.0 Å². The monoisotopic (exact) mass is 623 g/mol. The number of aromatic nitrogens is 2. The molecule has 0 radical (unpaired) electrons. The third kappa shape index (κ3) is 8.69. The van der Waals surface area contributed by atoms with Gasteiger partial charge in [-0.3, -0.25) is 29.5 Å². The SMILES string of the molecule is N=C/C(=C\NC1CCN(C(=O)CCCCCc2ccc(CNC3CCC(=O)NC3=O)c(C=O)c2)CC1)c1cnc2ccccc2n1. The highest BCUT2D eigenvalue weighted by atomic mass is 16.2. The lowest BCUT2D eigenvalue weighted by Crippen LogP contribution is -2.50. The molecule has 0 saturated carbocycles. The quantitative estimate of drug-likeness (QED) is 0.0916. The van der Waals surface area contributed by atoms with Crippen molar-refractivity contribution in [2.75, 3.05) is 13.1 Å². The largest absolute Gasteiger partial charge is 0.387 e. The van der Waals surface area contributed by atoms with Crippen LogP contribution in [0.15, 0.2) is 54.9 Å². The minimum Gasteiger partial charge on any atom is -0.387 e. The number of nitrogens with one attached hydrogen (secondary N) is 4. The molecule has 0 bridgehead atoms. The molecule has 0 aliphatic carbocycles. The average Bonchev–Trinajstić information content (AvgIpc) is 3.08. The summed E-state index contributed by atoms with van der Waals surface area (Å²) in [5.41, 5.74) is 5.40. The normalized spacial score (nSPS) is 17.5. The maximum atomic E-state index is 12.8. The van der Waals surface area contributed by atoms with Crippen molar-refractivity contribution in [3.8, 4) is 0 Å². The molecule has 11 nitrogen and oxygen atoms in total. The second-order valence-electron chi connectivity index (χ2n) is 11.9. The number of piperidine rings is 2. The number of fused-ring (bicyclic) bond motifs is 1. The molecule has 5 rings (SSSR count). The number of nitrogens with zero attached hydrogens (tertiary/aromatic N) is 3. The van der Waals surface area contributed by atoms with Gasteiger partial charge in [-0.15, -0.1) is 0 Å². The summed E-state index contributed by atoms with van der Waals surface area (Å²) < 4.78 is 0. The topological polar surface area (TPSA) is 157 Å². The van der Waals surface area contributed by atoms with Crippen LogP contribution in [-0.2, 0) is 27.3 Å². The highest BCUT2D eigenvalue weighted by molar-refractivity contribution is 6.07. The average molecular weight is 624 g/mol. The van der Waals surface area contributed by atoms with Gasteiger partial charge in [-0.25, -0.2) is 4.98 Å². The van der Waals surface area contributed by atoms with Crippen LogP contribution in [-0.4, -0.2) is 70.3 Å². The van der Waals surface area contributed by atoms with Gasteiger partial charge in [0.25, 0.3) is 0 Å². The van der Waals surface area contributed by atoms with E-state index in [0.29, 0.717) is 55.7 Å². The van der Waals surface area contributed by atoms with E-state index in [1.807, 2.05) is 53.6 Å². The molecule has 11 heteroatoms. The van der Waals surface area contributed by atoms with Crippen LogP contribution in [0, 0.1) is 5.41 Å². The van der Waals surface area contributed by atoms with Gasteiger partial charge < -0.3 is 20.9 Å².